The molecule has 0 aromatic carbocycles. The molecular formula is C16H31N3. The fourth-order valence-corrected chi connectivity index (χ4v) is 4.68. The van der Waals surface area contributed by atoms with Crippen LogP contribution in [0.1, 0.15) is 52.9 Å². The zero-order chi connectivity index (χ0) is 13.6. The molecule has 0 aromatic heterocycles. The van der Waals surface area contributed by atoms with Crippen molar-refractivity contribution in [1.29, 1.82) is 0 Å². The summed E-state index contributed by atoms with van der Waals surface area (Å²) in [5.41, 5.74) is 6.95. The van der Waals surface area contributed by atoms with E-state index in [0.29, 0.717) is 23.5 Å². The Morgan fingerprint density at radius 3 is 2.68 bits per heavy atom. The van der Waals surface area contributed by atoms with Crippen molar-refractivity contribution in [3.8, 4) is 0 Å². The quantitative estimate of drug-likeness (QED) is 0.788. The Bertz CT molecular complexity index is 328. The molecule has 0 aromatic rings. The molecule has 1 aliphatic carbocycles. The van der Waals surface area contributed by atoms with Gasteiger partial charge in [-0.2, -0.15) is 0 Å². The molecule has 4 unspecified atom stereocenters. The zero-order valence-electron chi connectivity index (χ0n) is 12.9. The minimum Gasteiger partial charge on any atom is -0.326 e. The molecule has 0 radical (unpaired) electrons. The maximum atomic E-state index is 6.63. The molecule has 3 fully saturated rings. The summed E-state index contributed by atoms with van der Waals surface area (Å²) in [7, 11) is 0. The van der Waals surface area contributed by atoms with Gasteiger partial charge >= 0.3 is 0 Å². The number of nitrogens with zero attached hydrogens (tertiary/aromatic N) is 2. The van der Waals surface area contributed by atoms with Crippen LogP contribution in [0.5, 0.6) is 0 Å². The molecule has 2 saturated heterocycles. The number of rotatable bonds is 1. The summed E-state index contributed by atoms with van der Waals surface area (Å²) in [6.45, 7) is 11.0. The lowest BCUT2D eigenvalue weighted by Gasteiger charge is -2.52. The van der Waals surface area contributed by atoms with Gasteiger partial charge in [0.15, 0.2) is 0 Å². The Kier molecular flexibility index (Phi) is 3.65. The van der Waals surface area contributed by atoms with Crippen molar-refractivity contribution >= 4 is 0 Å². The van der Waals surface area contributed by atoms with Crippen LogP contribution in [-0.4, -0.2) is 53.6 Å². The Morgan fingerprint density at radius 1 is 1.11 bits per heavy atom. The highest BCUT2D eigenvalue weighted by Gasteiger charge is 2.44. The molecule has 3 heteroatoms. The first-order valence-electron chi connectivity index (χ1n) is 8.24. The van der Waals surface area contributed by atoms with Gasteiger partial charge in [-0.25, -0.2) is 0 Å². The molecule has 3 rings (SSSR count). The monoisotopic (exact) mass is 265 g/mol. The molecule has 4 atom stereocenters. The lowest BCUT2D eigenvalue weighted by atomic mass is 9.70. The molecule has 2 N–H and O–H groups in total. The van der Waals surface area contributed by atoms with E-state index in [1.807, 2.05) is 0 Å². The fourth-order valence-electron chi connectivity index (χ4n) is 4.68. The topological polar surface area (TPSA) is 32.5 Å². The van der Waals surface area contributed by atoms with E-state index >= 15 is 0 Å². The van der Waals surface area contributed by atoms with Crippen LogP contribution in [0.2, 0.25) is 0 Å². The van der Waals surface area contributed by atoms with Crippen LogP contribution in [0.25, 0.3) is 0 Å². The predicted molar refractivity (Wildman–Crippen MR) is 80.2 cm³/mol. The van der Waals surface area contributed by atoms with E-state index in [9.17, 15) is 0 Å². The van der Waals surface area contributed by atoms with Crippen molar-refractivity contribution in [2.24, 2.45) is 11.1 Å². The summed E-state index contributed by atoms with van der Waals surface area (Å²) in [6, 6.07) is 2.45. The van der Waals surface area contributed by atoms with Crippen molar-refractivity contribution in [2.45, 2.75) is 77.0 Å². The van der Waals surface area contributed by atoms with Crippen LogP contribution < -0.4 is 5.73 Å². The van der Waals surface area contributed by atoms with Gasteiger partial charge in [0.1, 0.15) is 0 Å². The van der Waals surface area contributed by atoms with Gasteiger partial charge in [0.05, 0.1) is 0 Å². The maximum Gasteiger partial charge on any atom is 0.0256 e. The van der Waals surface area contributed by atoms with Crippen molar-refractivity contribution in [3.63, 3.8) is 0 Å². The molecular weight excluding hydrogens is 234 g/mol. The highest BCUT2D eigenvalue weighted by molar-refractivity contribution is 5.01. The summed E-state index contributed by atoms with van der Waals surface area (Å²) in [5, 5.41) is 0. The highest BCUT2D eigenvalue weighted by atomic mass is 15.3. The van der Waals surface area contributed by atoms with E-state index in [1.54, 1.807) is 0 Å². The average Bonchev–Trinajstić information content (AvgIpc) is 2.79. The van der Waals surface area contributed by atoms with Crippen LogP contribution in [0, 0.1) is 5.41 Å². The second-order valence-corrected chi connectivity index (χ2v) is 7.81. The Balaban J connectivity index is 1.73. The van der Waals surface area contributed by atoms with Crippen LogP contribution in [-0.2, 0) is 0 Å². The van der Waals surface area contributed by atoms with Gasteiger partial charge in [0, 0.05) is 37.3 Å². The van der Waals surface area contributed by atoms with E-state index in [0.717, 1.165) is 6.04 Å². The Morgan fingerprint density at radius 2 is 1.89 bits per heavy atom. The molecule has 0 spiro atoms. The summed E-state index contributed by atoms with van der Waals surface area (Å²) in [6.07, 6.45) is 6.75. The maximum absolute atomic E-state index is 6.63. The van der Waals surface area contributed by atoms with Crippen LogP contribution in [0.4, 0.5) is 0 Å². The van der Waals surface area contributed by atoms with E-state index in [1.165, 1.54) is 51.7 Å². The number of hydrogen-bond acceptors (Lipinski definition) is 3. The van der Waals surface area contributed by atoms with Gasteiger partial charge in [-0.1, -0.05) is 20.3 Å². The van der Waals surface area contributed by atoms with E-state index < -0.39 is 0 Å². The first-order chi connectivity index (χ1) is 8.99. The minimum atomic E-state index is 0.315. The third-order valence-corrected chi connectivity index (χ3v) is 6.05. The summed E-state index contributed by atoms with van der Waals surface area (Å²) < 4.78 is 0. The lowest BCUT2D eigenvalue weighted by molar-refractivity contribution is -0.0142. The first-order valence-corrected chi connectivity index (χ1v) is 8.24. The molecule has 3 aliphatic rings. The third-order valence-electron chi connectivity index (χ3n) is 6.05. The first kappa shape index (κ1) is 13.8. The molecule has 0 bridgehead atoms. The van der Waals surface area contributed by atoms with Crippen LogP contribution in [0.15, 0.2) is 0 Å². The van der Waals surface area contributed by atoms with Gasteiger partial charge in [0.2, 0.25) is 0 Å². The molecule has 0 amide bonds. The molecule has 2 heterocycles. The number of piperazine rings is 1. The largest absolute Gasteiger partial charge is 0.326 e. The van der Waals surface area contributed by atoms with Crippen LogP contribution in [0.3, 0.4) is 0 Å². The van der Waals surface area contributed by atoms with Gasteiger partial charge in [0.25, 0.3) is 0 Å². The second kappa shape index (κ2) is 5.01. The van der Waals surface area contributed by atoms with Gasteiger partial charge in [-0.05, 0) is 44.6 Å². The molecule has 19 heavy (non-hydrogen) atoms. The summed E-state index contributed by atoms with van der Waals surface area (Å²) in [4.78, 5) is 5.47. The van der Waals surface area contributed by atoms with Crippen molar-refractivity contribution in [3.05, 3.63) is 0 Å². The second-order valence-electron chi connectivity index (χ2n) is 7.81. The molecule has 110 valence electrons. The standard InChI is InChI=1S/C16H31N3/c1-12-10-18-9-5-6-13(18)11-19(12)14-7-4-8-16(2,3)15(14)17/h12-15H,4-11,17H2,1-3H3. The van der Waals surface area contributed by atoms with Gasteiger partial charge in [-0.3, -0.25) is 9.80 Å². The highest BCUT2D eigenvalue weighted by Crippen LogP contribution is 2.38. The molecule has 1 saturated carbocycles. The fraction of sp³-hybridized carbons (Fsp3) is 1.00. The average molecular weight is 265 g/mol. The number of hydrogen-bond donors (Lipinski definition) is 1. The van der Waals surface area contributed by atoms with Gasteiger partial charge < -0.3 is 5.73 Å². The molecule has 3 nitrogen and oxygen atoms in total. The normalized spacial score (nSPS) is 44.2. The molecule has 2 aliphatic heterocycles. The summed E-state index contributed by atoms with van der Waals surface area (Å²) in [5.74, 6) is 0. The summed E-state index contributed by atoms with van der Waals surface area (Å²) >= 11 is 0. The lowest BCUT2D eigenvalue weighted by Crippen LogP contribution is -2.64. The zero-order valence-corrected chi connectivity index (χ0v) is 12.9. The Labute approximate surface area is 118 Å². The van der Waals surface area contributed by atoms with Gasteiger partial charge in [-0.15, -0.1) is 0 Å². The number of nitrogens with two attached hydrogens (primary N) is 1. The SMILES string of the molecule is CC1CN2CCCC2CN1C1CCCC(C)(C)C1N. The van der Waals surface area contributed by atoms with Crippen molar-refractivity contribution in [1.82, 2.24) is 9.80 Å². The van der Waals surface area contributed by atoms with E-state index in [2.05, 4.69) is 30.6 Å². The van der Waals surface area contributed by atoms with Crippen molar-refractivity contribution in [2.75, 3.05) is 19.6 Å². The Hall–Kier alpha value is -0.120. The van der Waals surface area contributed by atoms with E-state index in [4.69, 9.17) is 5.73 Å². The predicted octanol–water partition coefficient (Wildman–Crippen LogP) is 2.06. The van der Waals surface area contributed by atoms with E-state index in [-0.39, 0.29) is 0 Å². The van der Waals surface area contributed by atoms with Crippen molar-refractivity contribution < 1.29 is 0 Å². The number of fused-ring (bicyclic) bond motifs is 1. The smallest absolute Gasteiger partial charge is 0.0256 e. The van der Waals surface area contributed by atoms with Crippen LogP contribution >= 0.6 is 0 Å². The third kappa shape index (κ3) is 2.45. The minimum absolute atomic E-state index is 0.315.